The van der Waals surface area contributed by atoms with Crippen molar-refractivity contribution in [2.45, 2.75) is 13.0 Å². The maximum atomic E-state index is 12.7. The molecular weight excluding hydrogens is 334 g/mol. The predicted molar refractivity (Wildman–Crippen MR) is 110 cm³/mol. The van der Waals surface area contributed by atoms with Crippen LogP contribution in [0.15, 0.2) is 91.0 Å². The van der Waals surface area contributed by atoms with Gasteiger partial charge in [-0.2, -0.15) is 0 Å². The lowest BCUT2D eigenvalue weighted by molar-refractivity contribution is 0.0936. The molecule has 3 nitrogen and oxygen atoms in total. The molecule has 27 heavy (non-hydrogen) atoms. The lowest BCUT2D eigenvalue weighted by Gasteiger charge is -2.16. The summed E-state index contributed by atoms with van der Waals surface area (Å²) in [5, 5.41) is 3.03. The van der Waals surface area contributed by atoms with Crippen LogP contribution in [0, 0.1) is 0 Å². The van der Waals surface area contributed by atoms with E-state index in [-0.39, 0.29) is 11.9 Å². The van der Waals surface area contributed by atoms with Crippen LogP contribution in [0.3, 0.4) is 0 Å². The highest BCUT2D eigenvalue weighted by Gasteiger charge is 2.15. The molecule has 136 valence electrons. The number of benzene rings is 3. The number of nitrogens with one attached hydrogen (secondary N) is 1. The first kappa shape index (κ1) is 18.5. The first-order valence-corrected chi connectivity index (χ1v) is 9.03. The number of hydrogen-bond acceptors (Lipinski definition) is 2. The van der Waals surface area contributed by atoms with Gasteiger partial charge in [0.05, 0.1) is 11.6 Å². The third kappa shape index (κ3) is 5.32. The molecule has 0 saturated carbocycles. The second-order valence-corrected chi connectivity index (χ2v) is 6.23. The molecule has 1 atom stereocenters. The molecule has 0 radical (unpaired) electrons. The van der Waals surface area contributed by atoms with Gasteiger partial charge in [-0.3, -0.25) is 4.79 Å². The van der Waals surface area contributed by atoms with E-state index >= 15 is 0 Å². The first-order valence-electron chi connectivity index (χ1n) is 9.03. The number of carbonyl (C=O) groups excluding carboxylic acids is 1. The molecule has 1 unspecified atom stereocenters. The summed E-state index contributed by atoms with van der Waals surface area (Å²) in [6.07, 6.45) is 3.94. The van der Waals surface area contributed by atoms with E-state index < -0.39 is 0 Å². The van der Waals surface area contributed by atoms with Crippen molar-refractivity contribution < 1.29 is 9.53 Å². The molecule has 0 aliphatic carbocycles. The Morgan fingerprint density at radius 3 is 2.30 bits per heavy atom. The fraction of sp³-hybridized carbons (Fsp3) is 0.125. The van der Waals surface area contributed by atoms with Crippen molar-refractivity contribution >= 4 is 12.0 Å². The van der Waals surface area contributed by atoms with E-state index in [1.54, 1.807) is 6.07 Å². The molecule has 3 aromatic carbocycles. The van der Waals surface area contributed by atoms with Crippen LogP contribution in [0.2, 0.25) is 0 Å². The van der Waals surface area contributed by atoms with Crippen LogP contribution < -0.4 is 10.1 Å². The molecule has 0 fully saturated rings. The largest absolute Gasteiger partial charge is 0.489 e. The Morgan fingerprint density at radius 1 is 0.926 bits per heavy atom. The van der Waals surface area contributed by atoms with Crippen molar-refractivity contribution in [3.63, 3.8) is 0 Å². The molecule has 3 aromatic rings. The average molecular weight is 357 g/mol. The Morgan fingerprint density at radius 2 is 1.56 bits per heavy atom. The minimum absolute atomic E-state index is 0.0790. The third-order valence-corrected chi connectivity index (χ3v) is 4.22. The Balaban J connectivity index is 1.63. The SMILES string of the molecule is CC(NC(=O)c1ccccc1OCC=Cc1ccccc1)c1ccccc1. The van der Waals surface area contributed by atoms with Crippen LogP contribution in [0.4, 0.5) is 0 Å². The van der Waals surface area contributed by atoms with Gasteiger partial charge < -0.3 is 10.1 Å². The smallest absolute Gasteiger partial charge is 0.255 e. The Labute approximate surface area is 160 Å². The van der Waals surface area contributed by atoms with E-state index in [0.717, 1.165) is 11.1 Å². The second kappa shape index (κ2) is 9.39. The molecule has 0 bridgehead atoms. The van der Waals surface area contributed by atoms with Crippen molar-refractivity contribution in [3.05, 3.63) is 108 Å². The molecule has 1 N–H and O–H groups in total. The van der Waals surface area contributed by atoms with E-state index in [9.17, 15) is 4.79 Å². The maximum absolute atomic E-state index is 12.7. The quantitative estimate of drug-likeness (QED) is 0.625. The van der Waals surface area contributed by atoms with Crippen LogP contribution in [0.25, 0.3) is 6.08 Å². The normalized spacial score (nSPS) is 11.9. The van der Waals surface area contributed by atoms with Crippen LogP contribution in [-0.4, -0.2) is 12.5 Å². The van der Waals surface area contributed by atoms with Gasteiger partial charge in [-0.15, -0.1) is 0 Å². The summed E-state index contributed by atoms with van der Waals surface area (Å²) >= 11 is 0. The summed E-state index contributed by atoms with van der Waals surface area (Å²) in [6.45, 7) is 2.37. The van der Waals surface area contributed by atoms with Crippen LogP contribution in [0.5, 0.6) is 5.75 Å². The lowest BCUT2D eigenvalue weighted by atomic mass is 10.1. The van der Waals surface area contributed by atoms with Crippen molar-refractivity contribution in [1.29, 1.82) is 0 Å². The number of rotatable bonds is 7. The molecule has 0 aromatic heterocycles. The van der Waals surface area contributed by atoms with Gasteiger partial charge in [0.25, 0.3) is 5.91 Å². The summed E-state index contributed by atoms with van der Waals surface area (Å²) in [5.74, 6) is 0.432. The first-order chi connectivity index (χ1) is 13.2. The summed E-state index contributed by atoms with van der Waals surface area (Å²) in [7, 11) is 0. The molecular formula is C24H23NO2. The summed E-state index contributed by atoms with van der Waals surface area (Å²) < 4.78 is 5.82. The molecule has 0 spiro atoms. The van der Waals surface area contributed by atoms with Crippen molar-refractivity contribution in [3.8, 4) is 5.75 Å². The summed E-state index contributed by atoms with van der Waals surface area (Å²) in [4.78, 5) is 12.7. The summed E-state index contributed by atoms with van der Waals surface area (Å²) in [6, 6.07) is 27.2. The molecule has 0 saturated heterocycles. The van der Waals surface area contributed by atoms with Crippen LogP contribution in [0.1, 0.15) is 34.5 Å². The Bertz CT molecular complexity index is 889. The minimum atomic E-state index is -0.144. The van der Waals surface area contributed by atoms with Gasteiger partial charge in [0, 0.05) is 0 Å². The van der Waals surface area contributed by atoms with Crippen molar-refractivity contribution in [2.24, 2.45) is 0 Å². The molecule has 0 aliphatic rings. The molecule has 1 amide bonds. The number of ether oxygens (including phenoxy) is 1. The zero-order chi connectivity index (χ0) is 18.9. The molecule has 0 aliphatic heterocycles. The van der Waals surface area contributed by atoms with Gasteiger partial charge in [0.2, 0.25) is 0 Å². The van der Waals surface area contributed by atoms with E-state index in [1.165, 1.54) is 0 Å². The zero-order valence-electron chi connectivity index (χ0n) is 15.3. The number of para-hydroxylation sites is 1. The third-order valence-electron chi connectivity index (χ3n) is 4.22. The molecule has 3 rings (SSSR count). The number of amides is 1. The Hall–Kier alpha value is -3.33. The predicted octanol–water partition coefficient (Wildman–Crippen LogP) is 5.27. The number of hydrogen-bond donors (Lipinski definition) is 1. The van der Waals surface area contributed by atoms with E-state index in [4.69, 9.17) is 4.74 Å². The van der Waals surface area contributed by atoms with Gasteiger partial charge in [0.15, 0.2) is 0 Å². The highest BCUT2D eigenvalue weighted by atomic mass is 16.5. The highest BCUT2D eigenvalue weighted by Crippen LogP contribution is 2.20. The van der Waals surface area contributed by atoms with Gasteiger partial charge in [-0.05, 0) is 36.3 Å². The van der Waals surface area contributed by atoms with Gasteiger partial charge in [0.1, 0.15) is 12.4 Å². The van der Waals surface area contributed by atoms with Crippen molar-refractivity contribution in [2.75, 3.05) is 6.61 Å². The molecule has 3 heteroatoms. The molecule has 0 heterocycles. The summed E-state index contributed by atoms with van der Waals surface area (Å²) in [5.41, 5.74) is 2.72. The minimum Gasteiger partial charge on any atom is -0.489 e. The topological polar surface area (TPSA) is 38.3 Å². The van der Waals surface area contributed by atoms with Crippen LogP contribution >= 0.6 is 0 Å². The van der Waals surface area contributed by atoms with Gasteiger partial charge in [-0.25, -0.2) is 0 Å². The Kier molecular flexibility index (Phi) is 6.42. The fourth-order valence-electron chi connectivity index (χ4n) is 2.77. The van der Waals surface area contributed by atoms with Gasteiger partial charge >= 0.3 is 0 Å². The van der Waals surface area contributed by atoms with Gasteiger partial charge in [-0.1, -0.05) is 78.9 Å². The van der Waals surface area contributed by atoms with Crippen molar-refractivity contribution in [1.82, 2.24) is 5.32 Å². The highest BCUT2D eigenvalue weighted by molar-refractivity contribution is 5.97. The fourth-order valence-corrected chi connectivity index (χ4v) is 2.77. The number of carbonyl (C=O) groups is 1. The zero-order valence-corrected chi connectivity index (χ0v) is 15.3. The average Bonchev–Trinajstić information content (AvgIpc) is 2.73. The second-order valence-electron chi connectivity index (χ2n) is 6.23. The van der Waals surface area contributed by atoms with E-state index in [0.29, 0.717) is 17.9 Å². The maximum Gasteiger partial charge on any atom is 0.255 e. The standard InChI is InChI=1S/C24H23NO2/c1-19(21-14-6-3-7-15-21)25-24(26)22-16-8-9-17-23(22)27-18-10-13-20-11-4-2-5-12-20/h2-17,19H,18H2,1H3,(H,25,26). The van der Waals surface area contributed by atoms with E-state index in [2.05, 4.69) is 5.32 Å². The lowest BCUT2D eigenvalue weighted by Crippen LogP contribution is -2.27. The monoisotopic (exact) mass is 357 g/mol. The van der Waals surface area contributed by atoms with Crippen LogP contribution in [-0.2, 0) is 0 Å². The van der Waals surface area contributed by atoms with E-state index in [1.807, 2.05) is 97.9 Å².